The summed E-state index contributed by atoms with van der Waals surface area (Å²) in [6, 6.07) is 31.1. The van der Waals surface area contributed by atoms with Crippen molar-refractivity contribution in [3.8, 4) is 0 Å². The molecule has 3 rings (SSSR count). The van der Waals surface area contributed by atoms with Crippen LogP contribution in [-0.2, 0) is 4.43 Å². The first-order chi connectivity index (χ1) is 14.4. The van der Waals surface area contributed by atoms with Gasteiger partial charge in [0.15, 0.2) is 0 Å². The molecular formula is C27H32O2Si. The SMILES string of the molecule is CC(C)(C)[Si](OCC/C=C\C(O)c1ccccc1)(c1ccccc1)c1ccccc1. The van der Waals surface area contributed by atoms with Gasteiger partial charge in [-0.25, -0.2) is 0 Å². The maximum atomic E-state index is 10.3. The van der Waals surface area contributed by atoms with Gasteiger partial charge >= 0.3 is 0 Å². The summed E-state index contributed by atoms with van der Waals surface area (Å²) in [5.74, 6) is 0. The van der Waals surface area contributed by atoms with Gasteiger partial charge in [0.2, 0.25) is 0 Å². The van der Waals surface area contributed by atoms with Crippen molar-refractivity contribution >= 4 is 18.7 Å². The second kappa shape index (κ2) is 10.0. The Kier molecular flexibility index (Phi) is 7.43. The van der Waals surface area contributed by atoms with Crippen LogP contribution in [0.1, 0.15) is 38.9 Å². The monoisotopic (exact) mass is 416 g/mol. The molecule has 0 aliphatic carbocycles. The third-order valence-electron chi connectivity index (χ3n) is 5.48. The lowest BCUT2D eigenvalue weighted by Gasteiger charge is -2.43. The fraction of sp³-hybridized carbons (Fsp3) is 0.259. The normalized spacial score (nSPS) is 13.5. The van der Waals surface area contributed by atoms with Gasteiger partial charge in [0.25, 0.3) is 8.32 Å². The molecule has 0 fully saturated rings. The number of hydrogen-bond acceptors (Lipinski definition) is 2. The Bertz CT molecular complexity index is 876. The van der Waals surface area contributed by atoms with Gasteiger partial charge in [-0.3, -0.25) is 0 Å². The Balaban J connectivity index is 1.81. The van der Waals surface area contributed by atoms with E-state index >= 15 is 0 Å². The number of benzene rings is 3. The summed E-state index contributed by atoms with van der Waals surface area (Å²) in [6.07, 6.45) is 4.05. The summed E-state index contributed by atoms with van der Waals surface area (Å²) in [7, 11) is -2.49. The highest BCUT2D eigenvalue weighted by Crippen LogP contribution is 2.36. The molecular weight excluding hydrogens is 384 g/mol. The summed E-state index contributed by atoms with van der Waals surface area (Å²) < 4.78 is 6.86. The highest BCUT2D eigenvalue weighted by molar-refractivity contribution is 6.99. The molecule has 0 bridgehead atoms. The van der Waals surface area contributed by atoms with Gasteiger partial charge in [-0.2, -0.15) is 0 Å². The van der Waals surface area contributed by atoms with Gasteiger partial charge in [0, 0.05) is 6.61 Å². The first kappa shape index (κ1) is 22.2. The van der Waals surface area contributed by atoms with Crippen molar-refractivity contribution in [2.24, 2.45) is 0 Å². The number of aliphatic hydroxyl groups is 1. The van der Waals surface area contributed by atoms with E-state index in [2.05, 4.69) is 81.4 Å². The minimum absolute atomic E-state index is 0.0248. The van der Waals surface area contributed by atoms with Crippen LogP contribution in [0.4, 0.5) is 0 Å². The van der Waals surface area contributed by atoms with E-state index in [1.165, 1.54) is 10.4 Å². The first-order valence-corrected chi connectivity index (χ1v) is 12.5. The van der Waals surface area contributed by atoms with E-state index in [0.29, 0.717) is 6.61 Å². The standard InChI is InChI=1S/C27H32O2Si/c1-27(2,3)30(24-17-9-5-10-18-24,25-19-11-6-12-20-25)29-22-14-13-21-26(28)23-15-7-4-8-16-23/h4-13,15-21,26,28H,14,22H2,1-3H3/b21-13-. The molecule has 1 unspecified atom stereocenters. The van der Waals surface area contributed by atoms with E-state index in [4.69, 9.17) is 4.43 Å². The minimum atomic E-state index is -2.49. The van der Waals surface area contributed by atoms with Crippen molar-refractivity contribution in [2.45, 2.75) is 38.3 Å². The first-order valence-electron chi connectivity index (χ1n) is 10.6. The van der Waals surface area contributed by atoms with Crippen molar-refractivity contribution < 1.29 is 9.53 Å². The highest BCUT2D eigenvalue weighted by atomic mass is 28.4. The zero-order chi connectivity index (χ0) is 21.5. The lowest BCUT2D eigenvalue weighted by Crippen LogP contribution is -2.66. The molecule has 0 spiro atoms. The van der Waals surface area contributed by atoms with Crippen molar-refractivity contribution in [3.05, 3.63) is 109 Å². The Morgan fingerprint density at radius 3 is 1.73 bits per heavy atom. The van der Waals surface area contributed by atoms with Gasteiger partial charge < -0.3 is 9.53 Å². The summed E-state index contributed by atoms with van der Waals surface area (Å²) in [4.78, 5) is 0. The molecule has 3 aromatic rings. The van der Waals surface area contributed by atoms with Gasteiger partial charge in [0.05, 0.1) is 6.10 Å². The van der Waals surface area contributed by atoms with Gasteiger partial charge in [-0.15, -0.1) is 0 Å². The molecule has 0 amide bonds. The quantitative estimate of drug-likeness (QED) is 0.309. The fourth-order valence-electron chi connectivity index (χ4n) is 4.03. The van der Waals surface area contributed by atoms with E-state index in [-0.39, 0.29) is 5.04 Å². The van der Waals surface area contributed by atoms with Crippen LogP contribution in [0, 0.1) is 0 Å². The largest absolute Gasteiger partial charge is 0.407 e. The molecule has 3 heteroatoms. The zero-order valence-electron chi connectivity index (χ0n) is 18.2. The van der Waals surface area contributed by atoms with E-state index in [1.54, 1.807) is 0 Å². The summed E-state index contributed by atoms with van der Waals surface area (Å²) in [5, 5.41) is 12.9. The molecule has 3 aromatic carbocycles. The smallest absolute Gasteiger partial charge is 0.261 e. The molecule has 0 aliphatic heterocycles. The Hall–Kier alpha value is -2.46. The molecule has 0 saturated carbocycles. The van der Waals surface area contributed by atoms with E-state index in [1.807, 2.05) is 42.5 Å². The molecule has 0 radical (unpaired) electrons. The van der Waals surface area contributed by atoms with Crippen LogP contribution in [0.3, 0.4) is 0 Å². The van der Waals surface area contributed by atoms with Crippen molar-refractivity contribution in [1.82, 2.24) is 0 Å². The number of aliphatic hydroxyl groups excluding tert-OH is 1. The van der Waals surface area contributed by atoms with E-state index in [0.717, 1.165) is 12.0 Å². The van der Waals surface area contributed by atoms with Crippen LogP contribution >= 0.6 is 0 Å². The number of hydrogen-bond donors (Lipinski definition) is 1. The topological polar surface area (TPSA) is 29.5 Å². The van der Waals surface area contributed by atoms with Crippen molar-refractivity contribution in [2.75, 3.05) is 6.61 Å². The average Bonchev–Trinajstić information content (AvgIpc) is 2.77. The van der Waals surface area contributed by atoms with E-state index < -0.39 is 14.4 Å². The van der Waals surface area contributed by atoms with E-state index in [9.17, 15) is 5.11 Å². The maximum absolute atomic E-state index is 10.3. The fourth-order valence-corrected chi connectivity index (χ4v) is 8.61. The van der Waals surface area contributed by atoms with Crippen LogP contribution in [0.15, 0.2) is 103 Å². The molecule has 1 atom stereocenters. The Labute approximate surface area is 182 Å². The predicted molar refractivity (Wildman–Crippen MR) is 129 cm³/mol. The molecule has 2 nitrogen and oxygen atoms in total. The third kappa shape index (κ3) is 4.98. The summed E-state index contributed by atoms with van der Waals surface area (Å²) >= 11 is 0. The second-order valence-corrected chi connectivity index (χ2v) is 12.9. The summed E-state index contributed by atoms with van der Waals surface area (Å²) in [5.41, 5.74) is 0.904. The number of rotatable bonds is 8. The van der Waals surface area contributed by atoms with Gasteiger partial charge in [-0.05, 0) is 27.4 Å². The Morgan fingerprint density at radius 2 is 1.27 bits per heavy atom. The molecule has 1 N–H and O–H groups in total. The maximum Gasteiger partial charge on any atom is 0.261 e. The van der Waals surface area contributed by atoms with Crippen LogP contribution in [0.25, 0.3) is 0 Å². The highest BCUT2D eigenvalue weighted by Gasteiger charge is 2.49. The molecule has 156 valence electrons. The van der Waals surface area contributed by atoms with Gasteiger partial charge in [-0.1, -0.05) is 124 Å². The molecule has 0 saturated heterocycles. The Morgan fingerprint density at radius 1 is 0.800 bits per heavy atom. The minimum Gasteiger partial charge on any atom is -0.407 e. The second-order valence-electron chi connectivity index (χ2n) is 8.58. The zero-order valence-corrected chi connectivity index (χ0v) is 19.2. The van der Waals surface area contributed by atoms with Crippen LogP contribution in [-0.4, -0.2) is 20.0 Å². The third-order valence-corrected chi connectivity index (χ3v) is 10.5. The molecule has 0 aliphatic rings. The van der Waals surface area contributed by atoms with Gasteiger partial charge in [0.1, 0.15) is 0 Å². The lowest BCUT2D eigenvalue weighted by atomic mass is 10.1. The average molecular weight is 417 g/mol. The predicted octanol–water partition coefficient (Wildman–Crippen LogP) is 5.24. The van der Waals surface area contributed by atoms with Crippen LogP contribution < -0.4 is 10.4 Å². The molecule has 0 aromatic heterocycles. The van der Waals surface area contributed by atoms with Crippen LogP contribution in [0.2, 0.25) is 5.04 Å². The lowest BCUT2D eigenvalue weighted by molar-refractivity contribution is 0.228. The molecule has 0 heterocycles. The molecule has 30 heavy (non-hydrogen) atoms. The summed E-state index contributed by atoms with van der Waals surface area (Å²) in [6.45, 7) is 7.47. The van der Waals surface area contributed by atoms with Crippen molar-refractivity contribution in [3.63, 3.8) is 0 Å². The van der Waals surface area contributed by atoms with Crippen molar-refractivity contribution in [1.29, 1.82) is 0 Å². The van der Waals surface area contributed by atoms with Crippen LogP contribution in [0.5, 0.6) is 0 Å².